The van der Waals surface area contributed by atoms with E-state index in [1.165, 1.54) is 0 Å². The van der Waals surface area contributed by atoms with Crippen LogP contribution in [0, 0.1) is 5.92 Å². The van der Waals surface area contributed by atoms with E-state index in [4.69, 9.17) is 13.6 Å². The van der Waals surface area contributed by atoms with Crippen molar-refractivity contribution in [3.05, 3.63) is 12.7 Å². The largest absolute Gasteiger partial charge is 0.456 e. The second-order valence-corrected chi connectivity index (χ2v) is 20.1. The molecule has 0 aliphatic heterocycles. The predicted octanol–water partition coefficient (Wildman–Crippen LogP) is 3.21. The van der Waals surface area contributed by atoms with Crippen molar-refractivity contribution in [2.24, 2.45) is 5.92 Å². The summed E-state index contributed by atoms with van der Waals surface area (Å²) in [6.45, 7) is 16.7. The number of esters is 1. The Kier molecular flexibility index (Phi) is 9.45. The molecule has 1 aliphatic rings. The smallest absolute Gasteiger partial charge is 0.330 e. The summed E-state index contributed by atoms with van der Waals surface area (Å²) in [5.74, 6) is 0.0704. The average Bonchev–Trinajstić information content (AvgIpc) is 2.47. The first-order chi connectivity index (χ1) is 11.9. The Balaban J connectivity index is 2.49. The maximum Gasteiger partial charge on any atom is 0.330 e. The number of ether oxygens (including phenoxy) is 1. The molecule has 0 saturated heterocycles. The number of rotatable bonds is 10. The molecule has 0 heterocycles. The Hall–Kier alpha value is -0.259. The molecule has 1 saturated carbocycles. The quantitative estimate of drug-likeness (QED) is 0.255. The molecule has 0 radical (unpaired) electrons. The lowest BCUT2D eigenvalue weighted by molar-refractivity contribution is -0.153. The highest BCUT2D eigenvalue weighted by atomic mass is 28.4. The van der Waals surface area contributed by atoms with Gasteiger partial charge in [-0.3, -0.25) is 0 Å². The minimum atomic E-state index is -1.62. The third kappa shape index (κ3) is 10.2. The van der Waals surface area contributed by atoms with Gasteiger partial charge in [0.25, 0.3) is 0 Å². The van der Waals surface area contributed by atoms with E-state index in [1.54, 1.807) is 0 Å². The molecule has 0 spiro atoms. The molecule has 0 bridgehead atoms. The molecule has 5 nitrogen and oxygen atoms in total. The summed E-state index contributed by atoms with van der Waals surface area (Å²) in [7, 11) is -3.74. The van der Waals surface area contributed by atoms with Crippen LogP contribution in [0.4, 0.5) is 0 Å². The molecule has 0 amide bonds. The molecule has 0 aromatic heterocycles. The Morgan fingerprint density at radius 2 is 1.77 bits per heavy atom. The standard InChI is InChI=1S/C18H38O5Si3/c1-8-17(20)21-16-13-14(9-10-15(16)19)11-12-24-18(22-25(2,3)4)23-26(5,6)7/h8,14-16,18-19H,1,9-13,24H2,2-7H3. The lowest BCUT2D eigenvalue weighted by Crippen LogP contribution is -2.43. The van der Waals surface area contributed by atoms with E-state index in [0.717, 1.165) is 31.4 Å². The number of hydrogen-bond acceptors (Lipinski definition) is 5. The zero-order valence-electron chi connectivity index (χ0n) is 17.4. The summed E-state index contributed by atoms with van der Waals surface area (Å²) >= 11 is 0. The lowest BCUT2D eigenvalue weighted by atomic mass is 9.84. The van der Waals surface area contributed by atoms with Crippen molar-refractivity contribution in [2.45, 2.75) is 89.1 Å². The Morgan fingerprint density at radius 3 is 2.27 bits per heavy atom. The van der Waals surface area contributed by atoms with E-state index in [1.807, 2.05) is 0 Å². The SMILES string of the molecule is C=CC(=O)OC1CC(CC[SiH2]C(O[Si](C)(C)C)O[Si](C)(C)C)CCC1O. The number of carbonyl (C=O) groups is 1. The highest BCUT2D eigenvalue weighted by Crippen LogP contribution is 2.30. The van der Waals surface area contributed by atoms with Crippen LogP contribution in [-0.4, -0.2) is 55.4 Å². The Labute approximate surface area is 163 Å². The molecule has 1 aliphatic carbocycles. The monoisotopic (exact) mass is 418 g/mol. The molecule has 1 fully saturated rings. The van der Waals surface area contributed by atoms with E-state index in [9.17, 15) is 9.90 Å². The van der Waals surface area contributed by atoms with Crippen molar-refractivity contribution < 1.29 is 23.5 Å². The predicted molar refractivity (Wildman–Crippen MR) is 114 cm³/mol. The van der Waals surface area contributed by atoms with Crippen LogP contribution in [0.2, 0.25) is 45.3 Å². The maximum atomic E-state index is 11.4. The fourth-order valence-corrected chi connectivity index (χ4v) is 10.1. The van der Waals surface area contributed by atoms with Crippen molar-refractivity contribution in [1.82, 2.24) is 0 Å². The first-order valence-electron chi connectivity index (χ1n) is 9.76. The Bertz CT molecular complexity index is 443. The summed E-state index contributed by atoms with van der Waals surface area (Å²) < 4.78 is 17.9. The topological polar surface area (TPSA) is 65.0 Å². The second kappa shape index (κ2) is 10.3. The fraction of sp³-hybridized carbons (Fsp3) is 0.833. The van der Waals surface area contributed by atoms with Crippen LogP contribution in [0.3, 0.4) is 0 Å². The van der Waals surface area contributed by atoms with Crippen LogP contribution in [0.1, 0.15) is 25.7 Å². The van der Waals surface area contributed by atoms with Crippen LogP contribution < -0.4 is 0 Å². The second-order valence-electron chi connectivity index (χ2n) is 9.25. The van der Waals surface area contributed by atoms with Crippen LogP contribution in [-0.2, 0) is 18.4 Å². The van der Waals surface area contributed by atoms with E-state index in [0.29, 0.717) is 12.3 Å². The molecule has 1 N–H and O–H groups in total. The van der Waals surface area contributed by atoms with E-state index in [-0.39, 0.29) is 5.91 Å². The van der Waals surface area contributed by atoms with Crippen LogP contribution in [0.15, 0.2) is 12.7 Å². The third-order valence-corrected chi connectivity index (χ3v) is 8.55. The third-order valence-electron chi connectivity index (χ3n) is 4.32. The normalized spacial score (nSPS) is 25.0. The van der Waals surface area contributed by atoms with Gasteiger partial charge in [-0.25, -0.2) is 4.79 Å². The maximum absolute atomic E-state index is 11.4. The summed E-state index contributed by atoms with van der Waals surface area (Å²) in [6.07, 6.45) is 3.74. The first-order valence-corrected chi connectivity index (χ1v) is 18.4. The van der Waals surface area contributed by atoms with Crippen LogP contribution in [0.25, 0.3) is 0 Å². The minimum absolute atomic E-state index is 0.0249. The van der Waals surface area contributed by atoms with Gasteiger partial charge < -0.3 is 18.7 Å². The highest BCUT2D eigenvalue weighted by Gasteiger charge is 2.32. The van der Waals surface area contributed by atoms with Crippen LogP contribution in [0.5, 0.6) is 0 Å². The van der Waals surface area contributed by atoms with Crippen molar-refractivity contribution in [2.75, 3.05) is 0 Å². The van der Waals surface area contributed by atoms with Crippen molar-refractivity contribution >= 4 is 32.1 Å². The number of carbonyl (C=O) groups excluding carboxylic acids is 1. The first kappa shape index (κ1) is 23.8. The van der Waals surface area contributed by atoms with Gasteiger partial charge in [0.05, 0.1) is 15.6 Å². The molecule has 3 unspecified atom stereocenters. The minimum Gasteiger partial charge on any atom is -0.456 e. The van der Waals surface area contributed by atoms with Gasteiger partial charge in [0.15, 0.2) is 16.6 Å². The van der Waals surface area contributed by atoms with Gasteiger partial charge >= 0.3 is 5.97 Å². The van der Waals surface area contributed by atoms with Gasteiger partial charge in [-0.15, -0.1) is 0 Å². The molecule has 26 heavy (non-hydrogen) atoms. The molecular formula is C18H38O5Si3. The number of aliphatic hydroxyl groups excluding tert-OH is 1. The molecule has 8 heteroatoms. The molecular weight excluding hydrogens is 380 g/mol. The highest BCUT2D eigenvalue weighted by molar-refractivity contribution is 6.71. The number of aliphatic hydroxyl groups is 1. The van der Waals surface area contributed by atoms with Crippen molar-refractivity contribution in [1.29, 1.82) is 0 Å². The Morgan fingerprint density at radius 1 is 1.19 bits per heavy atom. The van der Waals surface area contributed by atoms with Gasteiger partial charge in [-0.05, 0) is 64.5 Å². The van der Waals surface area contributed by atoms with E-state index in [2.05, 4.69) is 45.9 Å². The lowest BCUT2D eigenvalue weighted by Gasteiger charge is -2.34. The van der Waals surface area contributed by atoms with Gasteiger partial charge in [0.1, 0.15) is 12.0 Å². The van der Waals surface area contributed by atoms with Gasteiger partial charge in [0.2, 0.25) is 0 Å². The summed E-state index contributed by atoms with van der Waals surface area (Å²) in [5, 5.41) is 10.1. The molecule has 0 aromatic carbocycles. The fourth-order valence-electron chi connectivity index (χ4n) is 3.29. The van der Waals surface area contributed by atoms with Gasteiger partial charge in [-0.1, -0.05) is 19.0 Å². The summed E-state index contributed by atoms with van der Waals surface area (Å²) in [5.41, 5.74) is 0. The van der Waals surface area contributed by atoms with Crippen molar-refractivity contribution in [3.8, 4) is 0 Å². The van der Waals surface area contributed by atoms with Crippen molar-refractivity contribution in [3.63, 3.8) is 0 Å². The molecule has 152 valence electrons. The zero-order valence-corrected chi connectivity index (χ0v) is 20.8. The van der Waals surface area contributed by atoms with Gasteiger partial charge in [0, 0.05) is 6.08 Å². The van der Waals surface area contributed by atoms with E-state index < -0.39 is 44.3 Å². The summed E-state index contributed by atoms with van der Waals surface area (Å²) in [4.78, 5) is 11.4. The van der Waals surface area contributed by atoms with Crippen LogP contribution >= 0.6 is 0 Å². The van der Waals surface area contributed by atoms with E-state index >= 15 is 0 Å². The zero-order chi connectivity index (χ0) is 20.0. The molecule has 1 rings (SSSR count). The average molecular weight is 419 g/mol. The summed E-state index contributed by atoms with van der Waals surface area (Å²) in [6, 6.07) is 1.16. The molecule has 0 aromatic rings. The molecule has 3 atom stereocenters. The number of hydrogen-bond donors (Lipinski definition) is 1. The van der Waals surface area contributed by atoms with Gasteiger partial charge in [-0.2, -0.15) is 0 Å².